The maximum absolute atomic E-state index is 12.1. The summed E-state index contributed by atoms with van der Waals surface area (Å²) in [5, 5.41) is 5.94. The van der Waals surface area contributed by atoms with Gasteiger partial charge in [0, 0.05) is 5.56 Å². The molecule has 1 aromatic carbocycles. The zero-order chi connectivity index (χ0) is 14.0. The van der Waals surface area contributed by atoms with Crippen LogP contribution >= 0.6 is 0 Å². The molecule has 0 saturated carbocycles. The van der Waals surface area contributed by atoms with Gasteiger partial charge >= 0.3 is 6.36 Å². The standard InChI is InChI=1S/C11H8F3N3O2/c12-11(13,14)19-7-3-1-2-6(4-7)9(18)8-5-16-17-10(8)15/h1-5H,(H3,15,16,17). The van der Waals surface area contributed by atoms with Crippen LogP contribution in [0.3, 0.4) is 0 Å². The van der Waals surface area contributed by atoms with Gasteiger partial charge in [0.05, 0.1) is 11.8 Å². The summed E-state index contributed by atoms with van der Waals surface area (Å²) in [6.45, 7) is 0. The van der Waals surface area contributed by atoms with Gasteiger partial charge in [-0.25, -0.2) is 0 Å². The number of aromatic nitrogens is 2. The molecule has 0 spiro atoms. The van der Waals surface area contributed by atoms with Crippen molar-refractivity contribution < 1.29 is 22.7 Å². The van der Waals surface area contributed by atoms with Crippen LogP contribution in [0.5, 0.6) is 5.75 Å². The van der Waals surface area contributed by atoms with E-state index in [-0.39, 0.29) is 16.9 Å². The van der Waals surface area contributed by atoms with E-state index in [0.29, 0.717) is 0 Å². The molecule has 1 heterocycles. The molecule has 0 saturated heterocycles. The highest BCUT2D eigenvalue weighted by molar-refractivity contribution is 6.11. The Bertz CT molecular complexity index is 607. The smallest absolute Gasteiger partial charge is 0.406 e. The minimum absolute atomic E-state index is 0.0230. The number of nitrogens with two attached hydrogens (primary N) is 1. The Labute approximate surface area is 105 Å². The van der Waals surface area contributed by atoms with Crippen LogP contribution in [0.25, 0.3) is 0 Å². The summed E-state index contributed by atoms with van der Waals surface area (Å²) < 4.78 is 39.9. The molecule has 2 rings (SSSR count). The number of nitrogen functional groups attached to an aromatic ring is 1. The second kappa shape index (κ2) is 4.63. The number of nitrogens with one attached hydrogen (secondary N) is 1. The van der Waals surface area contributed by atoms with Crippen LogP contribution in [-0.2, 0) is 0 Å². The van der Waals surface area contributed by atoms with Crippen LogP contribution in [0.2, 0.25) is 0 Å². The highest BCUT2D eigenvalue weighted by Crippen LogP contribution is 2.24. The number of rotatable bonds is 3. The summed E-state index contributed by atoms with van der Waals surface area (Å²) in [5.41, 5.74) is 5.58. The summed E-state index contributed by atoms with van der Waals surface area (Å²) in [4.78, 5) is 12.0. The highest BCUT2D eigenvalue weighted by atomic mass is 19.4. The SMILES string of the molecule is Nc1[nH]ncc1C(=O)c1cccc(OC(F)(F)F)c1. The molecule has 1 aromatic heterocycles. The molecule has 0 atom stereocenters. The molecular weight excluding hydrogens is 263 g/mol. The number of H-pyrrole nitrogens is 1. The van der Waals surface area contributed by atoms with Gasteiger partial charge in [0.15, 0.2) is 5.78 Å². The van der Waals surface area contributed by atoms with Gasteiger partial charge in [0.25, 0.3) is 0 Å². The summed E-state index contributed by atoms with van der Waals surface area (Å²) >= 11 is 0. The third-order valence-corrected chi connectivity index (χ3v) is 2.24. The van der Waals surface area contributed by atoms with Crippen molar-refractivity contribution in [3.63, 3.8) is 0 Å². The van der Waals surface area contributed by atoms with Gasteiger partial charge in [-0.05, 0) is 12.1 Å². The Balaban J connectivity index is 2.29. The van der Waals surface area contributed by atoms with Crippen molar-refractivity contribution in [2.75, 3.05) is 5.73 Å². The average Bonchev–Trinajstić information content (AvgIpc) is 2.72. The van der Waals surface area contributed by atoms with Crippen LogP contribution in [0.15, 0.2) is 30.5 Å². The molecule has 2 aromatic rings. The van der Waals surface area contributed by atoms with Crippen molar-refractivity contribution >= 4 is 11.6 Å². The Morgan fingerprint density at radius 1 is 1.37 bits per heavy atom. The molecule has 0 aliphatic heterocycles. The summed E-state index contributed by atoms with van der Waals surface area (Å²) in [7, 11) is 0. The number of ketones is 1. The van der Waals surface area contributed by atoms with Crippen molar-refractivity contribution in [3.8, 4) is 5.75 Å². The van der Waals surface area contributed by atoms with Crippen LogP contribution in [0, 0.1) is 0 Å². The number of halogens is 3. The van der Waals surface area contributed by atoms with E-state index in [9.17, 15) is 18.0 Å². The zero-order valence-electron chi connectivity index (χ0n) is 9.36. The first kappa shape index (κ1) is 12.9. The number of anilines is 1. The molecule has 8 heteroatoms. The van der Waals surface area contributed by atoms with Crippen molar-refractivity contribution in [2.24, 2.45) is 0 Å². The van der Waals surface area contributed by atoms with Gasteiger partial charge in [-0.1, -0.05) is 12.1 Å². The average molecular weight is 271 g/mol. The number of alkyl halides is 3. The molecule has 19 heavy (non-hydrogen) atoms. The number of carbonyl (C=O) groups excluding carboxylic acids is 1. The summed E-state index contributed by atoms with van der Waals surface area (Å²) in [6, 6.07) is 4.73. The third kappa shape index (κ3) is 3.03. The van der Waals surface area contributed by atoms with Crippen LogP contribution in [-0.4, -0.2) is 22.3 Å². The van der Waals surface area contributed by atoms with Gasteiger partial charge in [0.1, 0.15) is 11.6 Å². The molecular formula is C11H8F3N3O2. The third-order valence-electron chi connectivity index (χ3n) is 2.24. The minimum atomic E-state index is -4.81. The van der Waals surface area contributed by atoms with E-state index in [1.807, 2.05) is 0 Å². The van der Waals surface area contributed by atoms with E-state index in [0.717, 1.165) is 12.1 Å². The number of ether oxygens (including phenoxy) is 1. The summed E-state index contributed by atoms with van der Waals surface area (Å²) in [5.74, 6) is -0.966. The fourth-order valence-electron chi connectivity index (χ4n) is 1.47. The normalized spacial score (nSPS) is 11.3. The van der Waals surface area contributed by atoms with Gasteiger partial charge in [0.2, 0.25) is 0 Å². The molecule has 0 bridgehead atoms. The topological polar surface area (TPSA) is 81.0 Å². The molecule has 0 amide bonds. The van der Waals surface area contributed by atoms with Gasteiger partial charge in [-0.3, -0.25) is 9.89 Å². The van der Waals surface area contributed by atoms with E-state index in [4.69, 9.17) is 5.73 Å². The quantitative estimate of drug-likeness (QED) is 0.838. The maximum atomic E-state index is 12.1. The van der Waals surface area contributed by atoms with Crippen molar-refractivity contribution in [3.05, 3.63) is 41.6 Å². The molecule has 0 aliphatic rings. The largest absolute Gasteiger partial charge is 0.573 e. The lowest BCUT2D eigenvalue weighted by Crippen LogP contribution is -2.17. The molecule has 0 fully saturated rings. The molecule has 100 valence electrons. The number of hydrogen-bond donors (Lipinski definition) is 2. The number of hydrogen-bond acceptors (Lipinski definition) is 4. The van der Waals surface area contributed by atoms with Crippen molar-refractivity contribution in [1.82, 2.24) is 10.2 Å². The Morgan fingerprint density at radius 2 is 2.11 bits per heavy atom. The monoisotopic (exact) mass is 271 g/mol. The fourth-order valence-corrected chi connectivity index (χ4v) is 1.47. The molecule has 5 nitrogen and oxygen atoms in total. The zero-order valence-corrected chi connectivity index (χ0v) is 9.36. The number of nitrogens with zero attached hydrogens (tertiary/aromatic N) is 1. The molecule has 0 radical (unpaired) electrons. The lowest BCUT2D eigenvalue weighted by atomic mass is 10.1. The fraction of sp³-hybridized carbons (Fsp3) is 0.0909. The van der Waals surface area contributed by atoms with E-state index in [2.05, 4.69) is 14.9 Å². The molecule has 3 N–H and O–H groups in total. The van der Waals surface area contributed by atoms with Gasteiger partial charge < -0.3 is 10.5 Å². The Morgan fingerprint density at radius 3 is 2.68 bits per heavy atom. The number of carbonyl (C=O) groups is 1. The van der Waals surface area contributed by atoms with Crippen LogP contribution in [0.4, 0.5) is 19.0 Å². The molecule has 0 aliphatic carbocycles. The Hall–Kier alpha value is -2.51. The van der Waals surface area contributed by atoms with E-state index in [1.165, 1.54) is 18.3 Å². The number of benzene rings is 1. The van der Waals surface area contributed by atoms with Crippen molar-refractivity contribution in [1.29, 1.82) is 0 Å². The maximum Gasteiger partial charge on any atom is 0.573 e. The second-order valence-corrected chi connectivity index (χ2v) is 3.60. The first-order valence-electron chi connectivity index (χ1n) is 5.06. The predicted octanol–water partition coefficient (Wildman–Crippen LogP) is 2.12. The van der Waals surface area contributed by atoms with E-state index < -0.39 is 17.9 Å². The first-order chi connectivity index (χ1) is 8.87. The molecule has 0 unspecified atom stereocenters. The van der Waals surface area contributed by atoms with E-state index in [1.54, 1.807) is 0 Å². The summed E-state index contributed by atoms with van der Waals surface area (Å²) in [6.07, 6.45) is -3.61. The highest BCUT2D eigenvalue weighted by Gasteiger charge is 2.31. The van der Waals surface area contributed by atoms with Crippen LogP contribution in [0.1, 0.15) is 15.9 Å². The van der Waals surface area contributed by atoms with Crippen LogP contribution < -0.4 is 10.5 Å². The first-order valence-corrected chi connectivity index (χ1v) is 5.06. The van der Waals surface area contributed by atoms with Gasteiger partial charge in [-0.2, -0.15) is 5.10 Å². The lowest BCUT2D eigenvalue weighted by molar-refractivity contribution is -0.274. The minimum Gasteiger partial charge on any atom is -0.406 e. The predicted molar refractivity (Wildman–Crippen MR) is 59.6 cm³/mol. The van der Waals surface area contributed by atoms with Crippen molar-refractivity contribution in [2.45, 2.75) is 6.36 Å². The Kier molecular flexibility index (Phi) is 3.16. The van der Waals surface area contributed by atoms with E-state index >= 15 is 0 Å². The number of aromatic amines is 1. The second-order valence-electron chi connectivity index (χ2n) is 3.60. The van der Waals surface area contributed by atoms with Gasteiger partial charge in [-0.15, -0.1) is 13.2 Å². The lowest BCUT2D eigenvalue weighted by Gasteiger charge is -2.09.